The van der Waals surface area contributed by atoms with E-state index in [2.05, 4.69) is 12.6 Å². The fourth-order valence-electron chi connectivity index (χ4n) is 1.46. The van der Waals surface area contributed by atoms with E-state index in [1.165, 1.54) is 0 Å². The third-order valence-corrected chi connectivity index (χ3v) is 3.39. The molecule has 15 heavy (non-hydrogen) atoms. The summed E-state index contributed by atoms with van der Waals surface area (Å²) >= 11 is 4.28. The van der Waals surface area contributed by atoms with Crippen LogP contribution >= 0.6 is 12.6 Å². The van der Waals surface area contributed by atoms with Crippen LogP contribution in [0.25, 0.3) is 0 Å². The van der Waals surface area contributed by atoms with Gasteiger partial charge >= 0.3 is 0 Å². The Bertz CT molecular complexity index is 397. The molecule has 0 N–H and O–H groups in total. The van der Waals surface area contributed by atoms with E-state index in [-0.39, 0.29) is 11.2 Å². The zero-order valence-corrected chi connectivity index (χ0v) is 10.4. The molecule has 3 heteroatoms. The van der Waals surface area contributed by atoms with E-state index in [9.17, 15) is 0 Å². The number of benzene rings is 1. The van der Waals surface area contributed by atoms with Gasteiger partial charge in [-0.2, -0.15) is 0 Å². The molecule has 0 atom stereocenters. The molecule has 1 aromatic carbocycles. The predicted octanol–water partition coefficient (Wildman–Crippen LogP) is 3.30. The molecule has 2 rings (SSSR count). The maximum Gasteiger partial charge on any atom is 0.163 e. The summed E-state index contributed by atoms with van der Waals surface area (Å²) in [6, 6.07) is 5.68. The second-order valence-corrected chi connectivity index (χ2v) is 5.37. The van der Waals surface area contributed by atoms with E-state index in [0.717, 1.165) is 16.4 Å². The largest absolute Gasteiger partial charge is 0.480 e. The molecule has 0 fully saturated rings. The third kappa shape index (κ3) is 1.69. The monoisotopic (exact) mass is 224 g/mol. The van der Waals surface area contributed by atoms with Crippen molar-refractivity contribution >= 4 is 12.6 Å². The zero-order chi connectivity index (χ0) is 11.3. The van der Waals surface area contributed by atoms with Gasteiger partial charge in [0.05, 0.1) is 0 Å². The summed E-state index contributed by atoms with van der Waals surface area (Å²) in [5.41, 5.74) is -0.681. The Morgan fingerprint density at radius 2 is 1.47 bits per heavy atom. The van der Waals surface area contributed by atoms with Gasteiger partial charge in [-0.25, -0.2) is 0 Å². The van der Waals surface area contributed by atoms with Crippen LogP contribution in [-0.2, 0) is 0 Å². The lowest BCUT2D eigenvalue weighted by atomic mass is 9.88. The van der Waals surface area contributed by atoms with Crippen molar-refractivity contribution in [3.8, 4) is 11.5 Å². The molecule has 1 aliphatic heterocycles. The van der Waals surface area contributed by atoms with Crippen LogP contribution in [0.4, 0.5) is 0 Å². The van der Waals surface area contributed by atoms with Gasteiger partial charge in [0.1, 0.15) is 11.2 Å². The lowest BCUT2D eigenvalue weighted by molar-refractivity contribution is -0.0992. The molecule has 0 aliphatic carbocycles. The lowest BCUT2D eigenvalue weighted by Crippen LogP contribution is -2.56. The Morgan fingerprint density at radius 1 is 0.933 bits per heavy atom. The molecule has 1 heterocycles. The van der Waals surface area contributed by atoms with Crippen LogP contribution in [0.15, 0.2) is 23.1 Å². The number of thiol groups is 1. The van der Waals surface area contributed by atoms with Gasteiger partial charge < -0.3 is 9.47 Å². The molecule has 0 spiro atoms. The van der Waals surface area contributed by atoms with Crippen LogP contribution in [-0.4, -0.2) is 11.2 Å². The van der Waals surface area contributed by atoms with Crippen LogP contribution in [0, 0.1) is 0 Å². The van der Waals surface area contributed by atoms with Gasteiger partial charge in [-0.15, -0.1) is 12.6 Å². The first-order chi connectivity index (χ1) is 6.82. The molecule has 0 radical (unpaired) electrons. The predicted molar refractivity (Wildman–Crippen MR) is 63.1 cm³/mol. The Kier molecular flexibility index (Phi) is 2.19. The van der Waals surface area contributed by atoms with Crippen molar-refractivity contribution in [1.82, 2.24) is 0 Å². The maximum absolute atomic E-state index is 5.94. The van der Waals surface area contributed by atoms with E-state index in [4.69, 9.17) is 9.47 Å². The summed E-state index contributed by atoms with van der Waals surface area (Å²) in [5.74, 6) is 1.56. The average Bonchev–Trinajstić information content (AvgIpc) is 2.07. The minimum Gasteiger partial charge on any atom is -0.480 e. The van der Waals surface area contributed by atoms with Crippen molar-refractivity contribution in [3.05, 3.63) is 18.2 Å². The van der Waals surface area contributed by atoms with Crippen molar-refractivity contribution in [2.45, 2.75) is 43.8 Å². The molecule has 0 saturated heterocycles. The number of fused-ring (bicyclic) bond motifs is 1. The SMILES string of the molecule is CC1(C)Oc2ccc(S)cc2OC1(C)C. The number of rotatable bonds is 0. The van der Waals surface area contributed by atoms with Gasteiger partial charge in [0.25, 0.3) is 0 Å². The quantitative estimate of drug-likeness (QED) is 0.682. The Balaban J connectivity index is 2.47. The topological polar surface area (TPSA) is 18.5 Å². The van der Waals surface area contributed by atoms with E-state index in [0.29, 0.717) is 0 Å². The van der Waals surface area contributed by atoms with Crippen molar-refractivity contribution in [3.63, 3.8) is 0 Å². The molecular formula is C12H16O2S. The summed E-state index contributed by atoms with van der Waals surface area (Å²) in [6.45, 7) is 8.12. The van der Waals surface area contributed by atoms with Crippen LogP contribution in [0.2, 0.25) is 0 Å². The highest BCUT2D eigenvalue weighted by molar-refractivity contribution is 7.80. The first-order valence-corrected chi connectivity index (χ1v) is 5.48. The number of hydrogen-bond donors (Lipinski definition) is 1. The maximum atomic E-state index is 5.94. The highest BCUT2D eigenvalue weighted by atomic mass is 32.1. The van der Waals surface area contributed by atoms with Crippen molar-refractivity contribution in [1.29, 1.82) is 0 Å². The van der Waals surface area contributed by atoms with Gasteiger partial charge in [0, 0.05) is 4.90 Å². The number of ether oxygens (including phenoxy) is 2. The van der Waals surface area contributed by atoms with Crippen LogP contribution < -0.4 is 9.47 Å². The fourth-order valence-corrected chi connectivity index (χ4v) is 1.65. The van der Waals surface area contributed by atoms with E-state index >= 15 is 0 Å². The zero-order valence-electron chi connectivity index (χ0n) is 9.50. The van der Waals surface area contributed by atoms with Gasteiger partial charge in [-0.1, -0.05) is 0 Å². The van der Waals surface area contributed by atoms with Crippen LogP contribution in [0.3, 0.4) is 0 Å². The number of hydrogen-bond acceptors (Lipinski definition) is 3. The summed E-state index contributed by atoms with van der Waals surface area (Å²) in [6.07, 6.45) is 0. The second kappa shape index (κ2) is 3.08. The smallest absolute Gasteiger partial charge is 0.163 e. The highest BCUT2D eigenvalue weighted by Crippen LogP contribution is 2.43. The van der Waals surface area contributed by atoms with Gasteiger partial charge in [0.15, 0.2) is 11.5 Å². The van der Waals surface area contributed by atoms with Gasteiger partial charge in [0.2, 0.25) is 0 Å². The molecule has 0 bridgehead atoms. The van der Waals surface area contributed by atoms with E-state index in [1.807, 2.05) is 45.9 Å². The Hall–Kier alpha value is -0.830. The molecule has 1 aromatic rings. The fraction of sp³-hybridized carbons (Fsp3) is 0.500. The van der Waals surface area contributed by atoms with E-state index in [1.54, 1.807) is 0 Å². The first kappa shape index (κ1) is 10.7. The molecule has 2 nitrogen and oxygen atoms in total. The van der Waals surface area contributed by atoms with Crippen LogP contribution in [0.5, 0.6) is 11.5 Å². The standard InChI is InChI=1S/C12H16O2S/c1-11(2)12(3,4)14-10-7-8(15)5-6-9(10)13-11/h5-7,15H,1-4H3. The molecule has 0 saturated carbocycles. The minimum atomic E-state index is -0.346. The third-order valence-electron chi connectivity index (χ3n) is 3.11. The molecule has 0 amide bonds. The average molecular weight is 224 g/mol. The second-order valence-electron chi connectivity index (χ2n) is 4.86. The van der Waals surface area contributed by atoms with Gasteiger partial charge in [-0.05, 0) is 45.9 Å². The summed E-state index contributed by atoms with van der Waals surface area (Å²) < 4.78 is 11.9. The van der Waals surface area contributed by atoms with Gasteiger partial charge in [-0.3, -0.25) is 0 Å². The summed E-state index contributed by atoms with van der Waals surface area (Å²) in [4.78, 5) is 0.882. The minimum absolute atomic E-state index is 0.335. The normalized spacial score (nSPS) is 21.1. The molecule has 0 unspecified atom stereocenters. The lowest BCUT2D eigenvalue weighted by Gasteiger charge is -2.45. The van der Waals surface area contributed by atoms with Crippen molar-refractivity contribution < 1.29 is 9.47 Å². The Labute approximate surface area is 96.0 Å². The molecule has 82 valence electrons. The molecular weight excluding hydrogens is 208 g/mol. The van der Waals surface area contributed by atoms with Crippen molar-refractivity contribution in [2.24, 2.45) is 0 Å². The molecule has 1 aliphatic rings. The Morgan fingerprint density at radius 3 is 2.07 bits per heavy atom. The van der Waals surface area contributed by atoms with E-state index < -0.39 is 0 Å². The van der Waals surface area contributed by atoms with Crippen LogP contribution in [0.1, 0.15) is 27.7 Å². The molecule has 0 aromatic heterocycles. The van der Waals surface area contributed by atoms with Crippen molar-refractivity contribution in [2.75, 3.05) is 0 Å². The first-order valence-electron chi connectivity index (χ1n) is 5.03. The summed E-state index contributed by atoms with van der Waals surface area (Å²) in [5, 5.41) is 0. The summed E-state index contributed by atoms with van der Waals surface area (Å²) in [7, 11) is 0. The highest BCUT2D eigenvalue weighted by Gasteiger charge is 2.45.